The fraction of sp³-hybridized carbons (Fsp3) is 0.708. The second-order valence-corrected chi connectivity index (χ2v) is 15.6. The molecule has 1 fully saturated rings. The number of aliphatic hydroxyl groups is 1. The summed E-state index contributed by atoms with van der Waals surface area (Å²) in [7, 11) is 1.76. The smallest absolute Gasteiger partial charge is 0.342 e. The Balaban J connectivity index is 2.20. The van der Waals surface area contributed by atoms with E-state index in [-0.39, 0.29) is 25.6 Å². The molecule has 0 spiro atoms. The number of aliphatic hydroxyl groups excluding tert-OH is 1. The zero-order valence-electron chi connectivity index (χ0n) is 21.1. The first-order chi connectivity index (χ1) is 15.5. The number of hydrogen-bond acceptors (Lipinski definition) is 8. The molecule has 2 rings (SSSR count). The molecule has 0 amide bonds. The Labute approximate surface area is 198 Å². The summed E-state index contributed by atoms with van der Waals surface area (Å²) >= 11 is 0. The molecule has 9 heteroatoms. The van der Waals surface area contributed by atoms with Gasteiger partial charge in [-0.2, -0.15) is 0 Å². The van der Waals surface area contributed by atoms with Gasteiger partial charge < -0.3 is 33.5 Å². The molecule has 1 N–H and O–H groups in total. The standard InChI is InChI=1S/C24H40O8Si/c1-24(2)31-19(21(15-25)32-24)10-8-9-17-13-18(28-4)14-20(30-16-27-3)22(17)23(26)29-11-12-33(5,6)7/h13-14,19,21,25H,8-12,15-16H2,1-7H3/t19-,21?/m0/s1. The number of carbonyl (C=O) groups is 1. The lowest BCUT2D eigenvalue weighted by atomic mass is 9.98. The molecule has 1 aliphatic rings. The topological polar surface area (TPSA) is 92.7 Å². The Morgan fingerprint density at radius 3 is 2.45 bits per heavy atom. The third kappa shape index (κ3) is 8.57. The van der Waals surface area contributed by atoms with Crippen molar-refractivity contribution in [2.75, 3.05) is 34.2 Å². The van der Waals surface area contributed by atoms with Gasteiger partial charge in [-0.1, -0.05) is 19.6 Å². The van der Waals surface area contributed by atoms with Gasteiger partial charge in [0, 0.05) is 21.3 Å². The first kappa shape index (κ1) is 27.6. The van der Waals surface area contributed by atoms with E-state index in [4.69, 9.17) is 28.4 Å². The Kier molecular flexibility index (Phi) is 10.2. The van der Waals surface area contributed by atoms with Crippen LogP contribution in [0.25, 0.3) is 0 Å². The highest BCUT2D eigenvalue weighted by molar-refractivity contribution is 6.76. The fourth-order valence-electron chi connectivity index (χ4n) is 3.75. The summed E-state index contributed by atoms with van der Waals surface area (Å²) in [6.45, 7) is 10.7. The number of ether oxygens (including phenoxy) is 6. The van der Waals surface area contributed by atoms with E-state index in [1.807, 2.05) is 19.9 Å². The molecule has 0 aliphatic carbocycles. The summed E-state index contributed by atoms with van der Waals surface area (Å²) in [5, 5.41) is 9.62. The van der Waals surface area contributed by atoms with Crippen molar-refractivity contribution in [1.29, 1.82) is 0 Å². The average molecular weight is 485 g/mol. The number of esters is 1. The second-order valence-electron chi connectivity index (χ2n) is 9.94. The van der Waals surface area contributed by atoms with Crippen molar-refractivity contribution >= 4 is 14.0 Å². The normalized spacial score (nSPS) is 20.0. The van der Waals surface area contributed by atoms with Gasteiger partial charge in [0.05, 0.1) is 26.4 Å². The Hall–Kier alpha value is -1.65. The number of carbonyl (C=O) groups excluding carboxylic acids is 1. The van der Waals surface area contributed by atoms with Gasteiger partial charge in [-0.25, -0.2) is 4.79 Å². The zero-order valence-corrected chi connectivity index (χ0v) is 22.1. The minimum atomic E-state index is -1.34. The van der Waals surface area contributed by atoms with Crippen LogP contribution in [0.2, 0.25) is 25.7 Å². The first-order valence-corrected chi connectivity index (χ1v) is 15.2. The third-order valence-corrected chi connectivity index (χ3v) is 7.12. The number of aryl methyl sites for hydroxylation is 1. The largest absolute Gasteiger partial charge is 0.497 e. The van der Waals surface area contributed by atoms with Crippen LogP contribution in [-0.2, 0) is 25.4 Å². The summed E-state index contributed by atoms with van der Waals surface area (Å²) in [5.74, 6) is -0.170. The minimum absolute atomic E-state index is 0.00229. The Morgan fingerprint density at radius 2 is 1.85 bits per heavy atom. The fourth-order valence-corrected chi connectivity index (χ4v) is 4.47. The predicted molar refractivity (Wildman–Crippen MR) is 128 cm³/mol. The molecular formula is C24H40O8Si. The van der Waals surface area contributed by atoms with E-state index in [9.17, 15) is 9.90 Å². The molecular weight excluding hydrogens is 444 g/mol. The molecule has 0 saturated carbocycles. The van der Waals surface area contributed by atoms with Crippen molar-refractivity contribution in [2.45, 2.75) is 76.8 Å². The molecule has 0 aromatic heterocycles. The molecule has 33 heavy (non-hydrogen) atoms. The molecule has 1 aromatic carbocycles. The maximum absolute atomic E-state index is 13.1. The summed E-state index contributed by atoms with van der Waals surface area (Å²) in [4.78, 5) is 13.1. The van der Waals surface area contributed by atoms with Crippen LogP contribution >= 0.6 is 0 Å². The van der Waals surface area contributed by atoms with Crippen LogP contribution in [0.5, 0.6) is 11.5 Å². The Bertz CT molecular complexity index is 774. The zero-order chi connectivity index (χ0) is 24.6. The van der Waals surface area contributed by atoms with Gasteiger partial charge in [0.1, 0.15) is 23.2 Å². The van der Waals surface area contributed by atoms with E-state index in [0.29, 0.717) is 42.9 Å². The van der Waals surface area contributed by atoms with E-state index >= 15 is 0 Å². The van der Waals surface area contributed by atoms with Gasteiger partial charge >= 0.3 is 5.97 Å². The van der Waals surface area contributed by atoms with Crippen LogP contribution < -0.4 is 9.47 Å². The molecule has 1 unspecified atom stereocenters. The maximum Gasteiger partial charge on any atom is 0.342 e. The van der Waals surface area contributed by atoms with Gasteiger partial charge in [-0.05, 0) is 50.8 Å². The summed E-state index contributed by atoms with van der Waals surface area (Å²) < 4.78 is 33.5. The highest BCUT2D eigenvalue weighted by atomic mass is 28.3. The van der Waals surface area contributed by atoms with Gasteiger partial charge in [-0.3, -0.25) is 0 Å². The lowest BCUT2D eigenvalue weighted by Crippen LogP contribution is -2.26. The maximum atomic E-state index is 13.1. The van der Waals surface area contributed by atoms with Crippen molar-refractivity contribution < 1.29 is 38.3 Å². The molecule has 1 heterocycles. The molecule has 188 valence electrons. The summed E-state index contributed by atoms with van der Waals surface area (Å²) in [6.07, 6.45) is 1.39. The van der Waals surface area contributed by atoms with Crippen LogP contribution in [0.15, 0.2) is 12.1 Å². The molecule has 0 bridgehead atoms. The van der Waals surface area contributed by atoms with Crippen molar-refractivity contribution in [3.8, 4) is 11.5 Å². The molecule has 1 aliphatic heterocycles. The predicted octanol–water partition coefficient (Wildman–Crippen LogP) is 4.01. The number of benzene rings is 1. The highest BCUT2D eigenvalue weighted by Gasteiger charge is 2.40. The van der Waals surface area contributed by atoms with Crippen molar-refractivity contribution in [1.82, 2.24) is 0 Å². The van der Waals surface area contributed by atoms with Gasteiger partial charge in [-0.15, -0.1) is 0 Å². The van der Waals surface area contributed by atoms with Gasteiger partial charge in [0.2, 0.25) is 0 Å². The molecule has 0 radical (unpaired) electrons. The Morgan fingerprint density at radius 1 is 1.15 bits per heavy atom. The first-order valence-electron chi connectivity index (χ1n) is 11.5. The van der Waals surface area contributed by atoms with Crippen LogP contribution in [0.4, 0.5) is 0 Å². The number of hydrogen-bond donors (Lipinski definition) is 1. The quantitative estimate of drug-likeness (QED) is 0.255. The molecule has 2 atom stereocenters. The van der Waals surface area contributed by atoms with E-state index in [1.165, 1.54) is 7.11 Å². The van der Waals surface area contributed by atoms with Crippen molar-refractivity contribution in [3.63, 3.8) is 0 Å². The molecule has 8 nitrogen and oxygen atoms in total. The van der Waals surface area contributed by atoms with Crippen LogP contribution in [0.1, 0.15) is 42.6 Å². The van der Waals surface area contributed by atoms with Crippen molar-refractivity contribution in [3.05, 3.63) is 23.3 Å². The van der Waals surface area contributed by atoms with E-state index < -0.39 is 19.8 Å². The lowest BCUT2D eigenvalue weighted by Gasteiger charge is -2.19. The molecule has 1 aromatic rings. The number of rotatable bonds is 13. The number of methoxy groups -OCH3 is 2. The monoisotopic (exact) mass is 484 g/mol. The SMILES string of the molecule is COCOc1cc(OC)cc(CCC[C@@H]2OC(C)(C)OC2CO)c1C(=O)OCC[Si](C)(C)C. The summed E-state index contributed by atoms with van der Waals surface area (Å²) in [6, 6.07) is 4.40. The lowest BCUT2D eigenvalue weighted by molar-refractivity contribution is -0.149. The van der Waals surface area contributed by atoms with Gasteiger partial charge in [0.25, 0.3) is 0 Å². The minimum Gasteiger partial charge on any atom is -0.497 e. The van der Waals surface area contributed by atoms with Crippen molar-refractivity contribution in [2.24, 2.45) is 0 Å². The van der Waals surface area contributed by atoms with E-state index in [2.05, 4.69) is 19.6 Å². The van der Waals surface area contributed by atoms with Gasteiger partial charge in [0.15, 0.2) is 12.6 Å². The highest BCUT2D eigenvalue weighted by Crippen LogP contribution is 2.33. The van der Waals surface area contributed by atoms with Crippen LogP contribution in [0, 0.1) is 0 Å². The van der Waals surface area contributed by atoms with Crippen LogP contribution in [-0.4, -0.2) is 71.4 Å². The summed E-state index contributed by atoms with van der Waals surface area (Å²) in [5.41, 5.74) is 1.17. The van der Waals surface area contributed by atoms with E-state index in [1.54, 1.807) is 13.2 Å². The van der Waals surface area contributed by atoms with E-state index in [0.717, 1.165) is 11.6 Å². The van der Waals surface area contributed by atoms with Crippen LogP contribution in [0.3, 0.4) is 0 Å². The second kappa shape index (κ2) is 12.2. The molecule has 1 saturated heterocycles. The third-order valence-electron chi connectivity index (χ3n) is 5.41. The average Bonchev–Trinajstić information content (AvgIpc) is 3.04.